The van der Waals surface area contributed by atoms with Gasteiger partial charge in [-0.3, -0.25) is 4.90 Å². The Kier molecular flexibility index (Phi) is 8.04. The number of benzene rings is 3. The van der Waals surface area contributed by atoms with Crippen molar-refractivity contribution >= 4 is 0 Å². The third-order valence-electron chi connectivity index (χ3n) is 5.90. The van der Waals surface area contributed by atoms with Crippen LogP contribution in [0, 0.1) is 0 Å². The average Bonchev–Trinajstić information content (AvgIpc) is 3.11. The number of β-amino-alcohol motifs (C(OH)–C–C–N with tert-alkyl or cyclic N) is 1. The maximum absolute atomic E-state index is 10.9. The van der Waals surface area contributed by atoms with Crippen LogP contribution in [0.15, 0.2) is 91.0 Å². The average molecular weight is 434 g/mol. The Morgan fingerprint density at radius 1 is 0.750 bits per heavy atom. The second-order valence-electron chi connectivity index (χ2n) is 8.30. The van der Waals surface area contributed by atoms with E-state index in [9.17, 15) is 10.2 Å². The van der Waals surface area contributed by atoms with Crippen molar-refractivity contribution in [1.82, 2.24) is 4.90 Å². The minimum atomic E-state index is -0.903. The number of likely N-dealkylation sites (tertiary alicyclic amines) is 1. The van der Waals surface area contributed by atoms with Gasteiger partial charge in [0.25, 0.3) is 0 Å². The molecule has 4 rings (SSSR count). The first-order valence-electron chi connectivity index (χ1n) is 11.1. The molecule has 5 heteroatoms. The summed E-state index contributed by atoms with van der Waals surface area (Å²) in [5.74, 6) is 0. The maximum atomic E-state index is 10.9. The normalized spacial score (nSPS) is 22.1. The molecule has 1 aliphatic rings. The molecule has 168 valence electrons. The van der Waals surface area contributed by atoms with E-state index in [0.717, 1.165) is 16.7 Å². The van der Waals surface area contributed by atoms with Crippen LogP contribution in [0.3, 0.4) is 0 Å². The van der Waals surface area contributed by atoms with Gasteiger partial charge in [0.1, 0.15) is 0 Å². The molecular formula is C27H31NO4. The van der Waals surface area contributed by atoms with Crippen LogP contribution in [0.1, 0.15) is 16.7 Å². The standard InChI is InChI=1S/C27H31NO4/c29-24-17-28(16-21-10-4-1-5-11-21)26(27(24)30)25(32-19-23-14-8-3-9-15-23)20-31-18-22-12-6-2-7-13-22/h1-15,24-27,29-30H,16-20H2/t24-,25-,26+,27-/m1/s1. The molecule has 5 nitrogen and oxygen atoms in total. The molecule has 0 radical (unpaired) electrons. The lowest BCUT2D eigenvalue weighted by Crippen LogP contribution is -2.48. The molecule has 0 aromatic heterocycles. The summed E-state index contributed by atoms with van der Waals surface area (Å²) in [4.78, 5) is 2.10. The number of ether oxygens (including phenoxy) is 2. The molecule has 0 spiro atoms. The van der Waals surface area contributed by atoms with Crippen molar-refractivity contribution in [3.8, 4) is 0 Å². The monoisotopic (exact) mass is 433 g/mol. The molecule has 0 amide bonds. The lowest BCUT2D eigenvalue weighted by Gasteiger charge is -2.33. The molecule has 32 heavy (non-hydrogen) atoms. The van der Waals surface area contributed by atoms with Gasteiger partial charge in [-0.1, -0.05) is 91.0 Å². The van der Waals surface area contributed by atoms with Crippen molar-refractivity contribution in [2.24, 2.45) is 0 Å². The fourth-order valence-electron chi connectivity index (χ4n) is 4.25. The van der Waals surface area contributed by atoms with Crippen molar-refractivity contribution < 1.29 is 19.7 Å². The molecule has 0 bridgehead atoms. The molecule has 0 unspecified atom stereocenters. The van der Waals surface area contributed by atoms with E-state index in [2.05, 4.69) is 17.0 Å². The number of rotatable bonds is 10. The Hall–Kier alpha value is -2.54. The van der Waals surface area contributed by atoms with Gasteiger partial charge in [-0.05, 0) is 16.7 Å². The fraction of sp³-hybridized carbons (Fsp3) is 0.333. The van der Waals surface area contributed by atoms with Gasteiger partial charge in [0, 0.05) is 13.1 Å². The summed E-state index contributed by atoms with van der Waals surface area (Å²) >= 11 is 0. The van der Waals surface area contributed by atoms with Gasteiger partial charge in [0.2, 0.25) is 0 Å². The maximum Gasteiger partial charge on any atom is 0.0994 e. The predicted octanol–water partition coefficient (Wildman–Crippen LogP) is 3.39. The molecular weight excluding hydrogens is 402 g/mol. The van der Waals surface area contributed by atoms with Crippen molar-refractivity contribution in [3.05, 3.63) is 108 Å². The van der Waals surface area contributed by atoms with Crippen molar-refractivity contribution in [2.75, 3.05) is 13.2 Å². The van der Waals surface area contributed by atoms with Gasteiger partial charge >= 0.3 is 0 Å². The number of aliphatic hydroxyl groups excluding tert-OH is 2. The van der Waals surface area contributed by atoms with Crippen molar-refractivity contribution in [1.29, 1.82) is 0 Å². The highest BCUT2D eigenvalue weighted by Gasteiger charge is 2.44. The van der Waals surface area contributed by atoms with Crippen LogP contribution in [-0.4, -0.2) is 52.6 Å². The second kappa shape index (κ2) is 11.4. The molecule has 1 aliphatic heterocycles. The molecule has 1 fully saturated rings. The zero-order chi connectivity index (χ0) is 22.2. The van der Waals surface area contributed by atoms with Gasteiger partial charge in [0.05, 0.1) is 44.2 Å². The summed E-state index contributed by atoms with van der Waals surface area (Å²) in [6, 6.07) is 29.7. The Bertz CT molecular complexity index is 922. The minimum Gasteiger partial charge on any atom is -0.389 e. The van der Waals surface area contributed by atoms with Gasteiger partial charge in [0.15, 0.2) is 0 Å². The SMILES string of the molecule is O[C@H]1[C@H]([C@@H](COCc2ccccc2)OCc2ccccc2)N(Cc2ccccc2)C[C@H]1O. The Morgan fingerprint density at radius 2 is 1.28 bits per heavy atom. The van der Waals surface area contributed by atoms with Crippen LogP contribution in [0.4, 0.5) is 0 Å². The van der Waals surface area contributed by atoms with Gasteiger partial charge < -0.3 is 19.7 Å². The first-order valence-corrected chi connectivity index (χ1v) is 11.1. The minimum absolute atomic E-state index is 0.321. The summed E-state index contributed by atoms with van der Waals surface area (Å²) in [5.41, 5.74) is 3.27. The third kappa shape index (κ3) is 6.03. The molecule has 3 aromatic carbocycles. The van der Waals surface area contributed by atoms with Crippen LogP contribution in [0.5, 0.6) is 0 Å². The Balaban J connectivity index is 1.48. The number of aliphatic hydroxyl groups is 2. The molecule has 0 saturated carbocycles. The molecule has 1 heterocycles. The Labute approximate surface area is 189 Å². The van der Waals surface area contributed by atoms with E-state index in [1.807, 2.05) is 78.9 Å². The third-order valence-corrected chi connectivity index (χ3v) is 5.90. The number of hydrogen-bond donors (Lipinski definition) is 2. The topological polar surface area (TPSA) is 62.2 Å². The summed E-state index contributed by atoms with van der Waals surface area (Å²) < 4.78 is 12.3. The predicted molar refractivity (Wildman–Crippen MR) is 124 cm³/mol. The van der Waals surface area contributed by atoms with Crippen molar-refractivity contribution in [3.63, 3.8) is 0 Å². The number of nitrogens with zero attached hydrogens (tertiary/aromatic N) is 1. The van der Waals surface area contributed by atoms with E-state index in [1.54, 1.807) is 0 Å². The van der Waals surface area contributed by atoms with E-state index < -0.39 is 18.3 Å². The fourth-order valence-corrected chi connectivity index (χ4v) is 4.25. The zero-order valence-corrected chi connectivity index (χ0v) is 18.2. The molecule has 0 aliphatic carbocycles. The van der Waals surface area contributed by atoms with Gasteiger partial charge in [-0.15, -0.1) is 0 Å². The van der Waals surface area contributed by atoms with Crippen LogP contribution < -0.4 is 0 Å². The quantitative estimate of drug-likeness (QED) is 0.513. The summed E-state index contributed by atoms with van der Waals surface area (Å²) in [6.07, 6.45) is -2.12. The summed E-state index contributed by atoms with van der Waals surface area (Å²) in [5, 5.41) is 21.3. The van der Waals surface area contributed by atoms with E-state index in [4.69, 9.17) is 9.47 Å². The molecule has 2 N–H and O–H groups in total. The smallest absolute Gasteiger partial charge is 0.0994 e. The van der Waals surface area contributed by atoms with Crippen LogP contribution in [-0.2, 0) is 29.2 Å². The van der Waals surface area contributed by atoms with E-state index in [1.165, 1.54) is 0 Å². The van der Waals surface area contributed by atoms with Crippen LogP contribution >= 0.6 is 0 Å². The molecule has 4 atom stereocenters. The summed E-state index contributed by atoms with van der Waals surface area (Å²) in [6.45, 7) is 2.23. The van der Waals surface area contributed by atoms with Gasteiger partial charge in [-0.25, -0.2) is 0 Å². The number of hydrogen-bond acceptors (Lipinski definition) is 5. The van der Waals surface area contributed by atoms with Crippen LogP contribution in [0.25, 0.3) is 0 Å². The van der Waals surface area contributed by atoms with E-state index in [0.29, 0.717) is 32.9 Å². The highest BCUT2D eigenvalue weighted by Crippen LogP contribution is 2.26. The first kappa shape index (κ1) is 22.6. The van der Waals surface area contributed by atoms with E-state index in [-0.39, 0.29) is 6.04 Å². The zero-order valence-electron chi connectivity index (χ0n) is 18.2. The highest BCUT2D eigenvalue weighted by atomic mass is 16.5. The van der Waals surface area contributed by atoms with Gasteiger partial charge in [-0.2, -0.15) is 0 Å². The molecule has 3 aromatic rings. The first-order chi connectivity index (χ1) is 15.7. The molecule has 1 saturated heterocycles. The largest absolute Gasteiger partial charge is 0.389 e. The highest BCUT2D eigenvalue weighted by molar-refractivity contribution is 5.17. The van der Waals surface area contributed by atoms with E-state index >= 15 is 0 Å². The lowest BCUT2D eigenvalue weighted by atomic mass is 10.0. The van der Waals surface area contributed by atoms with Crippen LogP contribution in [0.2, 0.25) is 0 Å². The summed E-state index contributed by atoms with van der Waals surface area (Å²) in [7, 11) is 0. The van der Waals surface area contributed by atoms with Crippen molar-refractivity contribution in [2.45, 2.75) is 44.1 Å². The lowest BCUT2D eigenvalue weighted by molar-refractivity contribution is -0.0912. The Morgan fingerprint density at radius 3 is 1.88 bits per heavy atom. The second-order valence-corrected chi connectivity index (χ2v) is 8.30.